The van der Waals surface area contributed by atoms with Crippen molar-refractivity contribution in [2.75, 3.05) is 6.54 Å². The summed E-state index contributed by atoms with van der Waals surface area (Å²) < 4.78 is 56.4. The zero-order valence-corrected chi connectivity index (χ0v) is 18.1. The first-order chi connectivity index (χ1) is 14.0. The molecular formula is C19H24F2N6O2S. The summed E-state index contributed by atoms with van der Waals surface area (Å²) in [5.41, 5.74) is 1.93. The van der Waals surface area contributed by atoms with Crippen molar-refractivity contribution in [3.8, 4) is 0 Å². The molecule has 162 valence electrons. The Hall–Kier alpha value is -2.40. The van der Waals surface area contributed by atoms with Crippen molar-refractivity contribution in [3.63, 3.8) is 0 Å². The van der Waals surface area contributed by atoms with Crippen molar-refractivity contribution in [2.24, 2.45) is 0 Å². The predicted octanol–water partition coefficient (Wildman–Crippen LogP) is 3.45. The lowest BCUT2D eigenvalue weighted by Gasteiger charge is -2.24. The van der Waals surface area contributed by atoms with Gasteiger partial charge in [-0.3, -0.25) is 0 Å². The van der Waals surface area contributed by atoms with E-state index in [0.717, 1.165) is 11.9 Å². The highest BCUT2D eigenvalue weighted by molar-refractivity contribution is 7.89. The van der Waals surface area contributed by atoms with Gasteiger partial charge in [-0.15, -0.1) is 0 Å². The van der Waals surface area contributed by atoms with Crippen LogP contribution in [0, 0.1) is 6.92 Å². The van der Waals surface area contributed by atoms with Crippen molar-refractivity contribution in [1.29, 1.82) is 0 Å². The molecular weight excluding hydrogens is 414 g/mol. The summed E-state index contributed by atoms with van der Waals surface area (Å²) in [7, 11) is -4.01. The minimum Gasteiger partial charge on any atom is -0.237 e. The van der Waals surface area contributed by atoms with Gasteiger partial charge in [-0.1, -0.05) is 20.8 Å². The van der Waals surface area contributed by atoms with Crippen LogP contribution in [0.2, 0.25) is 0 Å². The fraction of sp³-hybridized carbons (Fsp3) is 0.526. The lowest BCUT2D eigenvalue weighted by atomic mass is 9.93. The number of nitrogens with zero attached hydrogens (tertiary/aromatic N) is 6. The smallest absolute Gasteiger partial charge is 0.237 e. The van der Waals surface area contributed by atoms with Crippen LogP contribution in [-0.2, 0) is 15.4 Å². The molecule has 3 aromatic heterocycles. The standard InChI is InChI=1S/C19H24F2N6O2S/c1-12-15(11-23-26(12)18(20)21)30(28,29)25-9-5-6-13(25)14-7-8-22-17-10-16(19(2,3)4)24-27(14)17/h7-8,10-11,13,18H,5-6,9H2,1-4H3/t13-/m0/s1. The number of alkyl halides is 2. The molecule has 0 bridgehead atoms. The van der Waals surface area contributed by atoms with Gasteiger partial charge in [0, 0.05) is 24.2 Å². The Labute approximate surface area is 173 Å². The van der Waals surface area contributed by atoms with Crippen LogP contribution in [-0.4, -0.2) is 43.6 Å². The third-order valence-corrected chi connectivity index (χ3v) is 7.48. The molecule has 0 aromatic carbocycles. The maximum Gasteiger partial charge on any atom is 0.333 e. The number of aromatic nitrogens is 5. The summed E-state index contributed by atoms with van der Waals surface area (Å²) in [5, 5.41) is 8.24. The Morgan fingerprint density at radius 1 is 1.27 bits per heavy atom. The number of hydrogen-bond donors (Lipinski definition) is 0. The molecule has 1 aliphatic rings. The van der Waals surface area contributed by atoms with Crippen molar-refractivity contribution in [1.82, 2.24) is 28.7 Å². The van der Waals surface area contributed by atoms with Gasteiger partial charge in [0.15, 0.2) is 5.65 Å². The third kappa shape index (κ3) is 3.29. The minimum atomic E-state index is -4.01. The Morgan fingerprint density at radius 3 is 2.63 bits per heavy atom. The molecule has 0 unspecified atom stereocenters. The summed E-state index contributed by atoms with van der Waals surface area (Å²) in [6.07, 6.45) is 3.90. The van der Waals surface area contributed by atoms with Gasteiger partial charge in [0.05, 0.1) is 29.3 Å². The molecule has 8 nitrogen and oxygen atoms in total. The molecule has 11 heteroatoms. The third-order valence-electron chi connectivity index (χ3n) is 5.47. The van der Waals surface area contributed by atoms with Gasteiger partial charge in [0.1, 0.15) is 4.90 Å². The van der Waals surface area contributed by atoms with E-state index in [1.165, 1.54) is 11.2 Å². The van der Waals surface area contributed by atoms with Crippen LogP contribution in [0.5, 0.6) is 0 Å². The topological polar surface area (TPSA) is 85.4 Å². The fourth-order valence-corrected chi connectivity index (χ4v) is 5.66. The monoisotopic (exact) mass is 438 g/mol. The van der Waals surface area contributed by atoms with E-state index >= 15 is 0 Å². The van der Waals surface area contributed by atoms with E-state index < -0.39 is 22.6 Å². The molecule has 3 aromatic rings. The second-order valence-electron chi connectivity index (χ2n) is 8.51. The average Bonchev–Trinajstić information content (AvgIpc) is 3.38. The van der Waals surface area contributed by atoms with Crippen LogP contribution in [0.3, 0.4) is 0 Å². The summed E-state index contributed by atoms with van der Waals surface area (Å²) in [5.74, 6) is 0. The molecule has 4 rings (SSSR count). The zero-order chi connectivity index (χ0) is 21.8. The molecule has 1 saturated heterocycles. The van der Waals surface area contributed by atoms with Gasteiger partial charge in [0.2, 0.25) is 10.0 Å². The van der Waals surface area contributed by atoms with Crippen molar-refractivity contribution >= 4 is 15.7 Å². The predicted molar refractivity (Wildman–Crippen MR) is 106 cm³/mol. The number of fused-ring (bicyclic) bond motifs is 1. The second kappa shape index (κ2) is 7.09. The van der Waals surface area contributed by atoms with Gasteiger partial charge in [-0.25, -0.2) is 22.6 Å². The maximum atomic E-state index is 13.4. The number of rotatable bonds is 4. The molecule has 1 atom stereocenters. The molecule has 0 aliphatic carbocycles. The Morgan fingerprint density at radius 2 is 2.00 bits per heavy atom. The van der Waals surface area contributed by atoms with Crippen molar-refractivity contribution < 1.29 is 17.2 Å². The average molecular weight is 439 g/mol. The fourth-order valence-electron chi connectivity index (χ4n) is 3.84. The van der Waals surface area contributed by atoms with Crippen molar-refractivity contribution in [3.05, 3.63) is 41.6 Å². The highest BCUT2D eigenvalue weighted by Gasteiger charge is 2.39. The summed E-state index contributed by atoms with van der Waals surface area (Å²) in [6.45, 7) is 4.87. The normalized spacial score (nSPS) is 18.7. The van der Waals surface area contributed by atoms with Crippen LogP contribution >= 0.6 is 0 Å². The van der Waals surface area contributed by atoms with Gasteiger partial charge in [0.25, 0.3) is 0 Å². The van der Waals surface area contributed by atoms with Crippen LogP contribution < -0.4 is 0 Å². The van der Waals surface area contributed by atoms with E-state index in [2.05, 4.69) is 15.2 Å². The van der Waals surface area contributed by atoms with E-state index in [1.807, 2.05) is 26.8 Å². The van der Waals surface area contributed by atoms with E-state index in [-0.39, 0.29) is 16.0 Å². The number of sulfonamides is 1. The van der Waals surface area contributed by atoms with E-state index in [9.17, 15) is 17.2 Å². The van der Waals surface area contributed by atoms with E-state index in [4.69, 9.17) is 0 Å². The number of halogens is 2. The molecule has 0 N–H and O–H groups in total. The van der Waals surface area contributed by atoms with Crippen LogP contribution in [0.1, 0.15) is 63.3 Å². The van der Waals surface area contributed by atoms with Gasteiger partial charge in [-0.05, 0) is 25.8 Å². The quantitative estimate of drug-likeness (QED) is 0.623. The molecule has 1 fully saturated rings. The molecule has 0 amide bonds. The Kier molecular flexibility index (Phi) is 4.93. The van der Waals surface area contributed by atoms with E-state index in [0.29, 0.717) is 35.4 Å². The Balaban J connectivity index is 1.79. The first kappa shape index (κ1) is 20.9. The van der Waals surface area contributed by atoms with Crippen LogP contribution in [0.25, 0.3) is 5.65 Å². The molecule has 0 spiro atoms. The van der Waals surface area contributed by atoms with Gasteiger partial charge < -0.3 is 0 Å². The summed E-state index contributed by atoms with van der Waals surface area (Å²) in [6, 6.07) is 3.19. The lowest BCUT2D eigenvalue weighted by Crippen LogP contribution is -2.32. The lowest BCUT2D eigenvalue weighted by molar-refractivity contribution is 0.0541. The zero-order valence-electron chi connectivity index (χ0n) is 17.2. The molecule has 1 aliphatic heterocycles. The summed E-state index contributed by atoms with van der Waals surface area (Å²) >= 11 is 0. The second-order valence-corrected chi connectivity index (χ2v) is 10.4. The molecule has 0 saturated carbocycles. The van der Waals surface area contributed by atoms with Gasteiger partial charge >= 0.3 is 6.55 Å². The molecule has 0 radical (unpaired) electrons. The largest absolute Gasteiger partial charge is 0.333 e. The van der Waals surface area contributed by atoms with Crippen LogP contribution in [0.15, 0.2) is 29.4 Å². The van der Waals surface area contributed by atoms with Gasteiger partial charge in [-0.2, -0.15) is 23.3 Å². The SMILES string of the molecule is Cc1c(S(=O)(=O)N2CCC[C@H]2c2ccnc3cc(C(C)(C)C)nn23)cnn1C(F)F. The number of hydrogen-bond acceptors (Lipinski definition) is 5. The maximum absolute atomic E-state index is 13.4. The first-order valence-corrected chi connectivity index (χ1v) is 11.1. The van der Waals surface area contributed by atoms with Crippen LogP contribution in [0.4, 0.5) is 8.78 Å². The molecule has 30 heavy (non-hydrogen) atoms. The minimum absolute atomic E-state index is 0.0790. The Bertz CT molecular complexity index is 1200. The van der Waals surface area contributed by atoms with E-state index in [1.54, 1.807) is 16.8 Å². The highest BCUT2D eigenvalue weighted by atomic mass is 32.2. The molecule has 4 heterocycles. The van der Waals surface area contributed by atoms with Crippen molar-refractivity contribution in [2.45, 2.75) is 63.4 Å². The summed E-state index contributed by atoms with van der Waals surface area (Å²) in [4.78, 5) is 4.17. The highest BCUT2D eigenvalue weighted by Crippen LogP contribution is 2.37. The first-order valence-electron chi connectivity index (χ1n) is 9.71.